The van der Waals surface area contributed by atoms with Crippen molar-refractivity contribution >= 4 is 23.6 Å². The third kappa shape index (κ3) is 3.77. The number of carbonyl (C=O) groups excluding carboxylic acids is 1. The second kappa shape index (κ2) is 7.60. The van der Waals surface area contributed by atoms with Crippen molar-refractivity contribution in [1.29, 1.82) is 0 Å². The number of benzene rings is 1. The summed E-state index contributed by atoms with van der Waals surface area (Å²) in [4.78, 5) is 26.2. The van der Waals surface area contributed by atoms with Gasteiger partial charge in [0.1, 0.15) is 0 Å². The van der Waals surface area contributed by atoms with Crippen LogP contribution in [-0.2, 0) is 9.59 Å². The van der Waals surface area contributed by atoms with E-state index in [1.54, 1.807) is 0 Å². The molecule has 0 bridgehead atoms. The van der Waals surface area contributed by atoms with Crippen molar-refractivity contribution in [3.8, 4) is 0 Å². The number of aliphatic carboxylic acids is 1. The number of amides is 1. The fourth-order valence-electron chi connectivity index (χ4n) is 3.75. The summed E-state index contributed by atoms with van der Waals surface area (Å²) in [7, 11) is 0. The van der Waals surface area contributed by atoms with Gasteiger partial charge in [-0.15, -0.1) is 0 Å². The van der Waals surface area contributed by atoms with Crippen LogP contribution in [-0.4, -0.2) is 39.9 Å². The molecule has 5 heteroatoms. The van der Waals surface area contributed by atoms with Crippen LogP contribution in [0.5, 0.6) is 0 Å². The molecule has 1 unspecified atom stereocenters. The van der Waals surface area contributed by atoms with E-state index in [1.807, 2.05) is 16.7 Å². The smallest absolute Gasteiger partial charge is 0.306 e. The highest BCUT2D eigenvalue weighted by Crippen LogP contribution is 2.35. The Morgan fingerprint density at radius 1 is 1.08 bits per heavy atom. The first-order valence-electron chi connectivity index (χ1n) is 8.74. The molecule has 1 saturated heterocycles. The highest BCUT2D eigenvalue weighted by atomic mass is 32.2. The van der Waals surface area contributed by atoms with Gasteiger partial charge < -0.3 is 10.0 Å². The molecule has 0 radical (unpaired) electrons. The molecule has 0 spiro atoms. The quantitative estimate of drug-likeness (QED) is 0.909. The molecule has 1 heterocycles. The number of rotatable bonds is 3. The monoisotopic (exact) mass is 347 g/mol. The van der Waals surface area contributed by atoms with E-state index < -0.39 is 5.97 Å². The lowest BCUT2D eigenvalue weighted by Crippen LogP contribution is -2.44. The van der Waals surface area contributed by atoms with E-state index in [9.17, 15) is 9.59 Å². The van der Waals surface area contributed by atoms with Crippen LogP contribution in [0.25, 0.3) is 0 Å². The van der Waals surface area contributed by atoms with Crippen LogP contribution in [0.4, 0.5) is 0 Å². The molecule has 3 rings (SSSR count). The van der Waals surface area contributed by atoms with E-state index in [2.05, 4.69) is 31.2 Å². The van der Waals surface area contributed by atoms with Gasteiger partial charge in [-0.1, -0.05) is 29.8 Å². The van der Waals surface area contributed by atoms with E-state index in [0.717, 1.165) is 18.1 Å². The number of carboxylic acids is 1. The Kier molecular flexibility index (Phi) is 5.49. The normalized spacial score (nSPS) is 27.7. The summed E-state index contributed by atoms with van der Waals surface area (Å²) >= 11 is 1.90. The minimum Gasteiger partial charge on any atom is -0.481 e. The Bertz CT molecular complexity index is 593. The van der Waals surface area contributed by atoms with Crippen molar-refractivity contribution in [1.82, 2.24) is 4.90 Å². The number of hydrogen-bond donors (Lipinski definition) is 1. The van der Waals surface area contributed by atoms with Crippen LogP contribution in [0, 0.1) is 18.8 Å². The van der Waals surface area contributed by atoms with Crippen LogP contribution in [0.2, 0.25) is 0 Å². The Balaban J connectivity index is 1.70. The first-order valence-corrected chi connectivity index (χ1v) is 9.89. The number of carboxylic acid groups (broad SMARTS) is 1. The minimum atomic E-state index is -0.715. The van der Waals surface area contributed by atoms with Gasteiger partial charge in [0.15, 0.2) is 0 Å². The molecule has 1 atom stereocenters. The molecule has 1 aromatic carbocycles. The summed E-state index contributed by atoms with van der Waals surface area (Å²) in [5, 5.41) is 9.13. The van der Waals surface area contributed by atoms with Crippen LogP contribution in [0.3, 0.4) is 0 Å². The maximum atomic E-state index is 13.0. The standard InChI is InChI=1S/C19H25NO3S/c1-13-2-4-14(5-3-13)17-12-24-11-10-20(17)18(21)15-6-8-16(9-7-15)19(22)23/h2-5,15-17H,6-12H2,1H3,(H,22,23). The highest BCUT2D eigenvalue weighted by molar-refractivity contribution is 7.99. The van der Waals surface area contributed by atoms with Crippen LogP contribution < -0.4 is 0 Å². The maximum absolute atomic E-state index is 13.0. The van der Waals surface area contributed by atoms with Crippen molar-refractivity contribution in [2.45, 2.75) is 38.6 Å². The van der Waals surface area contributed by atoms with Gasteiger partial charge in [-0.3, -0.25) is 9.59 Å². The van der Waals surface area contributed by atoms with Gasteiger partial charge in [-0.25, -0.2) is 0 Å². The Morgan fingerprint density at radius 3 is 2.33 bits per heavy atom. The molecule has 2 aliphatic rings. The van der Waals surface area contributed by atoms with E-state index in [1.165, 1.54) is 11.1 Å². The summed E-state index contributed by atoms with van der Waals surface area (Å²) in [6.45, 7) is 2.87. The summed E-state index contributed by atoms with van der Waals surface area (Å²) in [6, 6.07) is 8.63. The lowest BCUT2D eigenvalue weighted by molar-refractivity contribution is -0.146. The minimum absolute atomic E-state index is 0.00310. The molecule has 24 heavy (non-hydrogen) atoms. The van der Waals surface area contributed by atoms with Gasteiger partial charge in [0.05, 0.1) is 12.0 Å². The van der Waals surface area contributed by atoms with Crippen molar-refractivity contribution in [3.63, 3.8) is 0 Å². The Morgan fingerprint density at radius 2 is 1.71 bits per heavy atom. The van der Waals surface area contributed by atoms with Gasteiger partial charge in [0.2, 0.25) is 5.91 Å². The molecule has 1 amide bonds. The molecule has 1 aliphatic heterocycles. The predicted octanol–water partition coefficient (Wildman–Crippen LogP) is 3.50. The van der Waals surface area contributed by atoms with E-state index in [4.69, 9.17) is 5.11 Å². The molecule has 1 aromatic rings. The number of carbonyl (C=O) groups is 2. The van der Waals surface area contributed by atoms with Crippen molar-refractivity contribution in [2.75, 3.05) is 18.1 Å². The zero-order chi connectivity index (χ0) is 17.1. The third-order valence-electron chi connectivity index (χ3n) is 5.30. The molecule has 1 N–H and O–H groups in total. The molecule has 130 valence electrons. The molecule has 2 fully saturated rings. The number of thioether (sulfide) groups is 1. The Hall–Kier alpha value is -1.49. The van der Waals surface area contributed by atoms with Gasteiger partial charge in [0, 0.05) is 24.0 Å². The fraction of sp³-hybridized carbons (Fsp3) is 0.579. The highest BCUT2D eigenvalue weighted by Gasteiger charge is 2.35. The lowest BCUT2D eigenvalue weighted by atomic mass is 9.81. The number of aryl methyl sites for hydroxylation is 1. The first kappa shape index (κ1) is 17.3. The summed E-state index contributed by atoms with van der Waals surface area (Å²) in [6.07, 6.45) is 2.67. The Labute approximate surface area is 147 Å². The first-order chi connectivity index (χ1) is 11.6. The lowest BCUT2D eigenvalue weighted by Gasteiger charge is -2.39. The molecular weight excluding hydrogens is 322 g/mol. The summed E-state index contributed by atoms with van der Waals surface area (Å²) in [5.74, 6) is 1.17. The molecule has 0 aromatic heterocycles. The second-order valence-electron chi connectivity index (χ2n) is 6.92. The van der Waals surface area contributed by atoms with Gasteiger partial charge >= 0.3 is 5.97 Å². The number of hydrogen-bond acceptors (Lipinski definition) is 3. The van der Waals surface area contributed by atoms with E-state index >= 15 is 0 Å². The van der Waals surface area contributed by atoms with E-state index in [0.29, 0.717) is 25.7 Å². The second-order valence-corrected chi connectivity index (χ2v) is 8.07. The maximum Gasteiger partial charge on any atom is 0.306 e. The molecule has 1 saturated carbocycles. The van der Waals surface area contributed by atoms with Crippen LogP contribution >= 0.6 is 11.8 Å². The average molecular weight is 347 g/mol. The SMILES string of the molecule is Cc1ccc(C2CSCCN2C(=O)C2CCC(C(=O)O)CC2)cc1. The van der Waals surface area contributed by atoms with Crippen molar-refractivity contribution in [3.05, 3.63) is 35.4 Å². The zero-order valence-electron chi connectivity index (χ0n) is 14.1. The average Bonchev–Trinajstić information content (AvgIpc) is 2.62. The van der Waals surface area contributed by atoms with Gasteiger partial charge in [-0.2, -0.15) is 11.8 Å². The predicted molar refractivity (Wildman–Crippen MR) is 96.0 cm³/mol. The van der Waals surface area contributed by atoms with Crippen LogP contribution in [0.15, 0.2) is 24.3 Å². The van der Waals surface area contributed by atoms with Crippen molar-refractivity contribution in [2.24, 2.45) is 11.8 Å². The zero-order valence-corrected chi connectivity index (χ0v) is 14.9. The van der Waals surface area contributed by atoms with Crippen LogP contribution in [0.1, 0.15) is 42.9 Å². The third-order valence-corrected chi connectivity index (χ3v) is 6.32. The molecule has 1 aliphatic carbocycles. The largest absolute Gasteiger partial charge is 0.481 e. The molecular formula is C19H25NO3S. The van der Waals surface area contributed by atoms with Gasteiger partial charge in [-0.05, 0) is 38.2 Å². The number of nitrogens with zero attached hydrogens (tertiary/aromatic N) is 1. The van der Waals surface area contributed by atoms with E-state index in [-0.39, 0.29) is 23.8 Å². The van der Waals surface area contributed by atoms with Gasteiger partial charge in [0.25, 0.3) is 0 Å². The molecule has 4 nitrogen and oxygen atoms in total. The van der Waals surface area contributed by atoms with Crippen molar-refractivity contribution < 1.29 is 14.7 Å². The topological polar surface area (TPSA) is 57.6 Å². The summed E-state index contributed by atoms with van der Waals surface area (Å²) < 4.78 is 0. The summed E-state index contributed by atoms with van der Waals surface area (Å²) in [5.41, 5.74) is 2.44. The fourth-order valence-corrected chi connectivity index (χ4v) is 4.84.